The SMILES string of the molecule is COc1ccc(NC(=O)COC(=O)Cn2nnc(-c3cccs3)n2)cc1Cl. The monoisotopic (exact) mass is 407 g/mol. The number of halogens is 1. The first-order valence-electron chi connectivity index (χ1n) is 7.66. The number of tetrazole rings is 1. The maximum Gasteiger partial charge on any atom is 0.330 e. The highest BCUT2D eigenvalue weighted by atomic mass is 35.5. The predicted molar refractivity (Wildman–Crippen MR) is 98.7 cm³/mol. The Morgan fingerprint density at radius 3 is 2.89 bits per heavy atom. The normalized spacial score (nSPS) is 10.4. The Kier molecular flexibility index (Phi) is 5.99. The standard InChI is InChI=1S/C16H14ClN5O4S/c1-25-12-5-4-10(7-11(12)17)18-14(23)9-26-15(24)8-22-20-16(19-21-22)13-3-2-6-27-13/h2-7H,8-9H2,1H3,(H,18,23). The number of methoxy groups -OCH3 is 1. The molecule has 0 aliphatic heterocycles. The first-order chi connectivity index (χ1) is 13.0. The highest BCUT2D eigenvalue weighted by Crippen LogP contribution is 2.27. The van der Waals surface area contributed by atoms with E-state index in [0.29, 0.717) is 22.3 Å². The van der Waals surface area contributed by atoms with Gasteiger partial charge in [0.05, 0.1) is 17.0 Å². The van der Waals surface area contributed by atoms with Crippen LogP contribution in [0.5, 0.6) is 5.75 Å². The summed E-state index contributed by atoms with van der Waals surface area (Å²) in [7, 11) is 1.49. The average molecular weight is 408 g/mol. The minimum absolute atomic E-state index is 0.250. The maximum absolute atomic E-state index is 11.9. The second-order valence-electron chi connectivity index (χ2n) is 5.18. The molecule has 0 aliphatic rings. The third kappa shape index (κ3) is 5.02. The fourth-order valence-electron chi connectivity index (χ4n) is 2.06. The molecular weight excluding hydrogens is 394 g/mol. The van der Waals surface area contributed by atoms with Crippen molar-refractivity contribution in [3.05, 3.63) is 40.7 Å². The number of nitrogens with zero attached hydrogens (tertiary/aromatic N) is 4. The third-order valence-corrected chi connectivity index (χ3v) is 4.43. The van der Waals surface area contributed by atoms with Gasteiger partial charge >= 0.3 is 5.97 Å². The fourth-order valence-corrected chi connectivity index (χ4v) is 2.97. The average Bonchev–Trinajstić information content (AvgIpc) is 3.32. The molecule has 0 unspecified atom stereocenters. The van der Waals surface area contributed by atoms with Gasteiger partial charge in [-0.3, -0.25) is 4.79 Å². The quantitative estimate of drug-likeness (QED) is 0.598. The van der Waals surface area contributed by atoms with Gasteiger partial charge in [-0.15, -0.1) is 21.5 Å². The Morgan fingerprint density at radius 1 is 1.33 bits per heavy atom. The van der Waals surface area contributed by atoms with E-state index in [0.717, 1.165) is 9.67 Å². The van der Waals surface area contributed by atoms with E-state index in [1.54, 1.807) is 12.1 Å². The van der Waals surface area contributed by atoms with Crippen LogP contribution in [0.4, 0.5) is 5.69 Å². The lowest BCUT2D eigenvalue weighted by atomic mass is 10.3. The summed E-state index contributed by atoms with van der Waals surface area (Å²) >= 11 is 7.45. The van der Waals surface area contributed by atoms with Gasteiger partial charge in [-0.1, -0.05) is 17.7 Å². The smallest absolute Gasteiger partial charge is 0.330 e. The molecule has 0 bridgehead atoms. The number of hydrogen-bond donors (Lipinski definition) is 1. The first kappa shape index (κ1) is 18.8. The van der Waals surface area contributed by atoms with Crippen LogP contribution in [0.25, 0.3) is 10.7 Å². The number of thiophene rings is 1. The van der Waals surface area contributed by atoms with E-state index < -0.39 is 18.5 Å². The van der Waals surface area contributed by atoms with E-state index in [9.17, 15) is 9.59 Å². The van der Waals surface area contributed by atoms with Crippen molar-refractivity contribution in [2.75, 3.05) is 19.0 Å². The summed E-state index contributed by atoms with van der Waals surface area (Å²) < 4.78 is 9.95. The second kappa shape index (κ2) is 8.60. The zero-order chi connectivity index (χ0) is 19.2. The molecule has 0 fully saturated rings. The van der Waals surface area contributed by atoms with E-state index in [-0.39, 0.29) is 6.54 Å². The van der Waals surface area contributed by atoms with E-state index in [1.165, 1.54) is 24.5 Å². The van der Waals surface area contributed by atoms with Crippen LogP contribution in [0.1, 0.15) is 0 Å². The predicted octanol–water partition coefficient (Wildman–Crippen LogP) is 2.25. The molecule has 2 aromatic heterocycles. The molecule has 0 saturated carbocycles. The van der Waals surface area contributed by atoms with Gasteiger partial charge in [0, 0.05) is 5.69 Å². The van der Waals surface area contributed by atoms with Gasteiger partial charge in [0.25, 0.3) is 5.91 Å². The number of esters is 1. The van der Waals surface area contributed by atoms with E-state index >= 15 is 0 Å². The molecule has 1 aromatic carbocycles. The van der Waals surface area contributed by atoms with Crippen LogP contribution in [-0.4, -0.2) is 45.8 Å². The molecule has 0 atom stereocenters. The number of hydrogen-bond acceptors (Lipinski definition) is 8. The minimum Gasteiger partial charge on any atom is -0.495 e. The highest BCUT2D eigenvalue weighted by molar-refractivity contribution is 7.13. The van der Waals surface area contributed by atoms with Gasteiger partial charge in [-0.05, 0) is 34.9 Å². The number of carbonyl (C=O) groups excluding carboxylic acids is 2. The number of carbonyl (C=O) groups is 2. The fraction of sp³-hybridized carbons (Fsp3) is 0.188. The van der Waals surface area contributed by atoms with Gasteiger partial charge in [0.15, 0.2) is 13.2 Å². The van der Waals surface area contributed by atoms with Crippen molar-refractivity contribution in [3.8, 4) is 16.5 Å². The van der Waals surface area contributed by atoms with Gasteiger partial charge in [0.2, 0.25) is 5.82 Å². The molecule has 140 valence electrons. The molecule has 0 spiro atoms. The van der Waals surface area contributed by atoms with Crippen molar-refractivity contribution >= 4 is 40.5 Å². The maximum atomic E-state index is 11.9. The van der Waals surface area contributed by atoms with Gasteiger partial charge in [0.1, 0.15) is 5.75 Å². The zero-order valence-corrected chi connectivity index (χ0v) is 15.7. The second-order valence-corrected chi connectivity index (χ2v) is 6.53. The van der Waals surface area contributed by atoms with E-state index in [1.807, 2.05) is 17.5 Å². The lowest BCUT2D eigenvalue weighted by Crippen LogP contribution is -2.23. The van der Waals surface area contributed by atoms with Crippen molar-refractivity contribution in [2.24, 2.45) is 0 Å². The molecule has 0 saturated heterocycles. The summed E-state index contributed by atoms with van der Waals surface area (Å²) in [6, 6.07) is 8.48. The van der Waals surface area contributed by atoms with Crippen molar-refractivity contribution < 1.29 is 19.1 Å². The minimum atomic E-state index is -0.659. The number of amides is 1. The number of nitrogens with one attached hydrogen (secondary N) is 1. The number of ether oxygens (including phenoxy) is 2. The van der Waals surface area contributed by atoms with Crippen molar-refractivity contribution in [3.63, 3.8) is 0 Å². The summed E-state index contributed by atoms with van der Waals surface area (Å²) in [5.41, 5.74) is 0.459. The molecule has 0 radical (unpaired) electrons. The van der Waals surface area contributed by atoms with E-state index in [4.69, 9.17) is 21.1 Å². The molecule has 3 rings (SSSR count). The number of anilines is 1. The van der Waals surface area contributed by atoms with Crippen LogP contribution < -0.4 is 10.1 Å². The summed E-state index contributed by atoms with van der Waals surface area (Å²) in [6.07, 6.45) is 0. The van der Waals surface area contributed by atoms with Crippen molar-refractivity contribution in [1.82, 2.24) is 20.2 Å². The summed E-state index contributed by atoms with van der Waals surface area (Å²) in [5, 5.41) is 16.6. The largest absolute Gasteiger partial charge is 0.495 e. The Morgan fingerprint density at radius 2 is 2.19 bits per heavy atom. The first-order valence-corrected chi connectivity index (χ1v) is 8.91. The molecule has 2 heterocycles. The molecule has 0 aliphatic carbocycles. The van der Waals surface area contributed by atoms with Crippen LogP contribution in [0.3, 0.4) is 0 Å². The molecular formula is C16H14ClN5O4S. The van der Waals surface area contributed by atoms with E-state index in [2.05, 4.69) is 20.7 Å². The third-order valence-electron chi connectivity index (χ3n) is 3.26. The van der Waals surface area contributed by atoms with Gasteiger partial charge in [-0.25, -0.2) is 4.79 Å². The molecule has 27 heavy (non-hydrogen) atoms. The summed E-state index contributed by atoms with van der Waals surface area (Å²) in [4.78, 5) is 25.7. The Bertz CT molecular complexity index is 944. The van der Waals surface area contributed by atoms with Crippen LogP contribution >= 0.6 is 22.9 Å². The Labute approximate surface area is 162 Å². The molecule has 1 amide bonds. The van der Waals surface area contributed by atoms with Crippen LogP contribution in [0.2, 0.25) is 5.02 Å². The number of rotatable bonds is 7. The molecule has 3 aromatic rings. The molecule has 9 nitrogen and oxygen atoms in total. The van der Waals surface area contributed by atoms with Gasteiger partial charge < -0.3 is 14.8 Å². The number of benzene rings is 1. The zero-order valence-electron chi connectivity index (χ0n) is 14.1. The van der Waals surface area contributed by atoms with Gasteiger partial charge in [-0.2, -0.15) is 4.80 Å². The van der Waals surface area contributed by atoms with Crippen molar-refractivity contribution in [1.29, 1.82) is 0 Å². The summed E-state index contributed by atoms with van der Waals surface area (Å²) in [6.45, 7) is -0.699. The molecule has 1 N–H and O–H groups in total. The highest BCUT2D eigenvalue weighted by Gasteiger charge is 2.13. The Balaban J connectivity index is 1.47. The van der Waals surface area contributed by atoms with Crippen LogP contribution in [0.15, 0.2) is 35.7 Å². The lowest BCUT2D eigenvalue weighted by Gasteiger charge is -2.08. The lowest BCUT2D eigenvalue weighted by molar-refractivity contribution is -0.148. The topological polar surface area (TPSA) is 108 Å². The molecule has 11 heteroatoms. The van der Waals surface area contributed by atoms with Crippen LogP contribution in [-0.2, 0) is 20.9 Å². The Hall–Kier alpha value is -2.98. The summed E-state index contributed by atoms with van der Waals surface area (Å²) in [5.74, 6) is -0.251. The van der Waals surface area contributed by atoms with Crippen molar-refractivity contribution in [2.45, 2.75) is 6.54 Å². The van der Waals surface area contributed by atoms with Crippen LogP contribution in [0, 0.1) is 0 Å². The number of aromatic nitrogens is 4.